The topological polar surface area (TPSA) is 303 Å². The Hall–Kier alpha value is -0.560. The number of hydrogen-bond acceptors (Lipinski definition) is 14. The van der Waals surface area contributed by atoms with Crippen LogP contribution in [0.5, 0.6) is 0 Å². The SMILES string of the molecule is NCCCCCN.NCCCCCNCCCCCN.NCCCCCNCCN.NCCNCCN.NCCNCCO. The molecule has 14 nitrogen and oxygen atoms in total. The van der Waals surface area contributed by atoms with Crippen LogP contribution in [-0.4, -0.2) is 123 Å². The molecule has 0 fully saturated rings. The van der Waals surface area contributed by atoms with Crippen molar-refractivity contribution in [1.82, 2.24) is 21.3 Å². The van der Waals surface area contributed by atoms with Gasteiger partial charge in [0.15, 0.2) is 0 Å². The van der Waals surface area contributed by atoms with Gasteiger partial charge in [-0.1, -0.05) is 25.7 Å². The Morgan fingerprint density at radius 2 is 0.477 bits per heavy atom. The highest BCUT2D eigenvalue weighted by molar-refractivity contribution is 4.51. The lowest BCUT2D eigenvalue weighted by Crippen LogP contribution is -2.27. The Bertz CT molecular complexity index is 337. The summed E-state index contributed by atoms with van der Waals surface area (Å²) in [5.41, 5.74) is 47.3. The second-order valence-corrected chi connectivity index (χ2v) is 10.1. The molecule has 0 atom stereocenters. The van der Waals surface area contributed by atoms with Gasteiger partial charge in [-0.2, -0.15) is 0 Å². The van der Waals surface area contributed by atoms with Gasteiger partial charge in [-0.15, -0.1) is 0 Å². The Morgan fingerprint density at radius 1 is 0.250 bits per heavy atom. The molecular weight excluding hydrogens is 558 g/mol. The van der Waals surface area contributed by atoms with E-state index in [1.807, 2.05) is 0 Å². The third-order valence-electron chi connectivity index (χ3n) is 5.65. The summed E-state index contributed by atoms with van der Waals surface area (Å²) in [6.45, 7) is 14.5. The molecule has 0 heterocycles. The maximum absolute atomic E-state index is 8.19. The van der Waals surface area contributed by atoms with E-state index in [2.05, 4.69) is 21.3 Å². The van der Waals surface area contributed by atoms with Gasteiger partial charge in [0.2, 0.25) is 0 Å². The molecule has 0 spiro atoms. The molecule has 274 valence electrons. The van der Waals surface area contributed by atoms with Crippen molar-refractivity contribution in [3.63, 3.8) is 0 Å². The minimum atomic E-state index is 0.194. The first-order valence-electron chi connectivity index (χ1n) is 17.3. The zero-order valence-electron chi connectivity index (χ0n) is 28.9. The fraction of sp³-hybridized carbons (Fsp3) is 1.00. The lowest BCUT2D eigenvalue weighted by atomic mass is 10.2. The second kappa shape index (κ2) is 65.2. The number of rotatable bonds is 29. The van der Waals surface area contributed by atoms with E-state index in [1.54, 1.807) is 0 Å². The first kappa shape index (κ1) is 53.0. The molecule has 0 rings (SSSR count). The molecule has 0 saturated heterocycles. The van der Waals surface area contributed by atoms with Gasteiger partial charge in [-0.05, 0) is 104 Å². The molecular formula is C30H83N13O. The highest BCUT2D eigenvalue weighted by atomic mass is 16.3. The first-order valence-corrected chi connectivity index (χ1v) is 17.3. The molecule has 0 aromatic rings. The van der Waals surface area contributed by atoms with E-state index in [0.717, 1.165) is 117 Å². The number of aliphatic hydroxyl groups excluding tert-OH is 1. The number of unbranched alkanes of at least 4 members (excludes halogenated alkanes) is 8. The van der Waals surface area contributed by atoms with E-state index in [-0.39, 0.29) is 6.61 Å². The lowest BCUT2D eigenvalue weighted by molar-refractivity contribution is 0.293. The van der Waals surface area contributed by atoms with Gasteiger partial charge in [-0.3, -0.25) is 0 Å². The molecule has 0 radical (unpaired) electrons. The fourth-order valence-corrected chi connectivity index (χ4v) is 3.17. The maximum atomic E-state index is 8.19. The fourth-order valence-electron chi connectivity index (χ4n) is 3.17. The van der Waals surface area contributed by atoms with Crippen molar-refractivity contribution in [2.75, 3.05) is 118 Å². The lowest BCUT2D eigenvalue weighted by Gasteiger charge is -2.03. The molecule has 14 heteroatoms. The zero-order valence-corrected chi connectivity index (χ0v) is 28.9. The summed E-state index contributed by atoms with van der Waals surface area (Å²) in [6.07, 6.45) is 14.4. The zero-order chi connectivity index (χ0) is 34.0. The monoisotopic (exact) mass is 642 g/mol. The Kier molecular flexibility index (Phi) is 78.4. The average Bonchev–Trinajstić information content (AvgIpc) is 3.04. The predicted octanol–water partition coefficient (Wildman–Crippen LogP) is -2.41. The van der Waals surface area contributed by atoms with Crippen LogP contribution < -0.4 is 72.9 Å². The van der Waals surface area contributed by atoms with Crippen molar-refractivity contribution in [1.29, 1.82) is 0 Å². The molecule has 23 N–H and O–H groups in total. The summed E-state index contributed by atoms with van der Waals surface area (Å²) < 4.78 is 0. The van der Waals surface area contributed by atoms with Crippen LogP contribution >= 0.6 is 0 Å². The van der Waals surface area contributed by atoms with Crippen LogP contribution in [0.2, 0.25) is 0 Å². The maximum Gasteiger partial charge on any atom is 0.0555 e. The van der Waals surface area contributed by atoms with Gasteiger partial charge >= 0.3 is 0 Å². The van der Waals surface area contributed by atoms with Gasteiger partial charge in [0.1, 0.15) is 0 Å². The molecule has 0 saturated carbocycles. The van der Waals surface area contributed by atoms with Crippen molar-refractivity contribution in [2.24, 2.45) is 51.6 Å². The van der Waals surface area contributed by atoms with Gasteiger partial charge in [0, 0.05) is 58.9 Å². The molecule has 0 bridgehead atoms. The van der Waals surface area contributed by atoms with Crippen LogP contribution in [0.15, 0.2) is 0 Å². The average molecular weight is 642 g/mol. The molecule has 0 amide bonds. The van der Waals surface area contributed by atoms with Crippen LogP contribution in [0.4, 0.5) is 0 Å². The van der Waals surface area contributed by atoms with Crippen LogP contribution in [0.3, 0.4) is 0 Å². The predicted molar refractivity (Wildman–Crippen MR) is 195 cm³/mol. The van der Waals surface area contributed by atoms with Crippen LogP contribution in [0.1, 0.15) is 77.0 Å². The van der Waals surface area contributed by atoms with Crippen molar-refractivity contribution in [3.8, 4) is 0 Å². The van der Waals surface area contributed by atoms with Crippen LogP contribution in [0, 0.1) is 0 Å². The molecule has 0 aromatic carbocycles. The summed E-state index contributed by atoms with van der Waals surface area (Å²) in [7, 11) is 0. The quantitative estimate of drug-likeness (QED) is 0.0379. The van der Waals surface area contributed by atoms with E-state index in [0.29, 0.717) is 26.2 Å². The standard InChI is InChI=1S/C10H25N3.C7H19N3.C5H14N2.C4H13N3.C4H12N2O/c11-7-3-1-5-9-13-10-6-2-4-8-12;8-4-2-1-3-6-10-7-5-9;6-4-2-1-3-5-7;5-1-3-7-4-2-6;5-1-2-6-3-4-7/h13H,1-12H2;10H,1-9H2;1-7H2;7H,1-6H2;6-7H,1-5H2. The normalized spacial score (nSPS) is 9.95. The first-order chi connectivity index (χ1) is 21.6. The van der Waals surface area contributed by atoms with Crippen LogP contribution in [-0.2, 0) is 0 Å². The van der Waals surface area contributed by atoms with Gasteiger partial charge in [0.25, 0.3) is 0 Å². The molecule has 0 aromatic heterocycles. The second-order valence-electron chi connectivity index (χ2n) is 10.1. The van der Waals surface area contributed by atoms with Crippen molar-refractivity contribution < 1.29 is 5.11 Å². The Labute approximate surface area is 272 Å². The summed E-state index contributed by atoms with van der Waals surface area (Å²) in [5, 5.41) is 20.8. The minimum Gasteiger partial charge on any atom is -0.395 e. The Morgan fingerprint density at radius 3 is 0.727 bits per heavy atom. The van der Waals surface area contributed by atoms with Gasteiger partial charge in [-0.25, -0.2) is 0 Å². The molecule has 44 heavy (non-hydrogen) atoms. The van der Waals surface area contributed by atoms with E-state index < -0.39 is 0 Å². The van der Waals surface area contributed by atoms with Gasteiger partial charge < -0.3 is 78.0 Å². The summed E-state index contributed by atoms with van der Waals surface area (Å²) in [6, 6.07) is 0. The molecule has 0 aliphatic rings. The highest BCUT2D eigenvalue weighted by Gasteiger charge is 1.89. The molecule has 0 aliphatic heterocycles. The number of nitrogens with one attached hydrogen (secondary N) is 4. The minimum absolute atomic E-state index is 0.194. The van der Waals surface area contributed by atoms with E-state index in [4.69, 9.17) is 56.7 Å². The third kappa shape index (κ3) is 83.8. The summed E-state index contributed by atoms with van der Waals surface area (Å²) >= 11 is 0. The Balaban J connectivity index is -0.000000148. The summed E-state index contributed by atoms with van der Waals surface area (Å²) in [4.78, 5) is 0. The largest absolute Gasteiger partial charge is 0.395 e. The highest BCUT2D eigenvalue weighted by Crippen LogP contribution is 1.93. The van der Waals surface area contributed by atoms with E-state index in [9.17, 15) is 0 Å². The number of nitrogens with two attached hydrogens (primary N) is 9. The van der Waals surface area contributed by atoms with E-state index >= 15 is 0 Å². The van der Waals surface area contributed by atoms with Crippen molar-refractivity contribution >= 4 is 0 Å². The number of hydrogen-bond donors (Lipinski definition) is 14. The molecule has 0 aliphatic carbocycles. The third-order valence-corrected chi connectivity index (χ3v) is 5.65. The molecule has 0 unspecified atom stereocenters. The van der Waals surface area contributed by atoms with Crippen LogP contribution in [0.25, 0.3) is 0 Å². The summed E-state index contributed by atoms with van der Waals surface area (Å²) in [5.74, 6) is 0. The van der Waals surface area contributed by atoms with Crippen molar-refractivity contribution in [2.45, 2.75) is 77.0 Å². The van der Waals surface area contributed by atoms with Crippen molar-refractivity contribution in [3.05, 3.63) is 0 Å². The van der Waals surface area contributed by atoms with Gasteiger partial charge in [0.05, 0.1) is 6.61 Å². The van der Waals surface area contributed by atoms with E-state index in [1.165, 1.54) is 44.9 Å². The smallest absolute Gasteiger partial charge is 0.0555 e. The number of aliphatic hydroxyl groups is 1.